The van der Waals surface area contributed by atoms with Gasteiger partial charge in [0.25, 0.3) is 0 Å². The Morgan fingerprint density at radius 2 is 1.12 bits per heavy atom. The molecule has 1 heterocycles. The first-order valence-electron chi connectivity index (χ1n) is 11.5. The Hall–Kier alpha value is -4.00. The van der Waals surface area contributed by atoms with E-state index in [9.17, 15) is 0 Å². The maximum Gasteiger partial charge on any atom is 0.228 e. The fourth-order valence-electron chi connectivity index (χ4n) is 5.05. The first-order valence-corrected chi connectivity index (χ1v) is 12.7. The van der Waals surface area contributed by atoms with Gasteiger partial charge < -0.3 is 8.39 Å². The minimum absolute atomic E-state index is 0.0501. The van der Waals surface area contributed by atoms with E-state index >= 15 is 0 Å². The lowest BCUT2D eigenvalue weighted by Crippen LogP contribution is -1.88. The molecule has 162 valence electrons. The molecule has 1 aromatic heterocycles. The van der Waals surface area contributed by atoms with Crippen LogP contribution in [0.5, 0.6) is 0 Å². The monoisotopic (exact) mass is 456 g/mol. The predicted molar refractivity (Wildman–Crippen MR) is 144 cm³/mol. The van der Waals surface area contributed by atoms with Crippen LogP contribution >= 0.6 is 8.01 Å². The van der Waals surface area contributed by atoms with Crippen molar-refractivity contribution < 1.29 is 8.39 Å². The van der Waals surface area contributed by atoms with Crippen LogP contribution < -0.4 is 0 Å². The summed E-state index contributed by atoms with van der Waals surface area (Å²) in [7, 11) is -1.30. The van der Waals surface area contributed by atoms with Crippen molar-refractivity contribution in [3.63, 3.8) is 0 Å². The second-order valence-corrected chi connectivity index (χ2v) is 10.1. The Labute approximate surface area is 198 Å². The van der Waals surface area contributed by atoms with Gasteiger partial charge in [-0.15, -0.1) is 0 Å². The molecule has 1 unspecified atom stereocenters. The van der Waals surface area contributed by atoms with Crippen molar-refractivity contribution in [2.24, 2.45) is 0 Å². The summed E-state index contributed by atoms with van der Waals surface area (Å²) < 4.78 is 13.6. The van der Waals surface area contributed by atoms with Gasteiger partial charge in [0.05, 0.1) is 0 Å². The normalized spacial score (nSPS) is 15.4. The lowest BCUT2D eigenvalue weighted by Gasteiger charge is -2.11. The van der Waals surface area contributed by atoms with Crippen LogP contribution in [0.1, 0.15) is 11.2 Å². The van der Waals surface area contributed by atoms with Gasteiger partial charge in [-0.25, -0.2) is 0 Å². The van der Waals surface area contributed by atoms with Crippen LogP contribution in [0.2, 0.25) is 0 Å². The fourth-order valence-corrected chi connectivity index (χ4v) is 6.70. The molecule has 0 bridgehead atoms. The Morgan fingerprint density at radius 1 is 0.559 bits per heavy atom. The minimum atomic E-state index is -1.30. The molecule has 5 aromatic carbocycles. The molecule has 0 aliphatic heterocycles. The van der Waals surface area contributed by atoms with E-state index in [1.807, 2.05) is 6.07 Å². The van der Waals surface area contributed by atoms with Crippen LogP contribution in [0.25, 0.3) is 49.1 Å². The van der Waals surface area contributed by atoms with Gasteiger partial charge in [0.2, 0.25) is 8.01 Å². The number of hydrogen-bond donors (Lipinski definition) is 0. The molecular formula is C31H21O2P. The molecule has 34 heavy (non-hydrogen) atoms. The topological polar surface area (TPSA) is 26.3 Å². The van der Waals surface area contributed by atoms with Gasteiger partial charge in [-0.1, -0.05) is 109 Å². The summed E-state index contributed by atoms with van der Waals surface area (Å²) in [6.45, 7) is 0. The number of allylic oxidation sites excluding steroid dienone is 4. The third kappa shape index (κ3) is 3.04. The highest BCUT2D eigenvalue weighted by Crippen LogP contribution is 2.53. The zero-order valence-electron chi connectivity index (χ0n) is 18.4. The van der Waals surface area contributed by atoms with E-state index in [-0.39, 0.29) is 5.66 Å². The summed E-state index contributed by atoms with van der Waals surface area (Å²) in [5.41, 5.74) is 4.25. The van der Waals surface area contributed by atoms with Gasteiger partial charge in [-0.05, 0) is 44.8 Å². The Morgan fingerprint density at radius 3 is 1.74 bits per heavy atom. The van der Waals surface area contributed by atoms with E-state index in [0.717, 1.165) is 21.9 Å². The molecule has 0 amide bonds. The molecule has 2 nitrogen and oxygen atoms in total. The third-order valence-corrected chi connectivity index (χ3v) is 8.29. The molecule has 3 heteroatoms. The van der Waals surface area contributed by atoms with Crippen molar-refractivity contribution >= 4 is 57.1 Å². The van der Waals surface area contributed by atoms with Crippen molar-refractivity contribution in [2.45, 2.75) is 5.66 Å². The van der Waals surface area contributed by atoms with Crippen molar-refractivity contribution in [2.75, 3.05) is 0 Å². The van der Waals surface area contributed by atoms with Gasteiger partial charge in [0.1, 0.15) is 16.8 Å². The highest BCUT2D eigenvalue weighted by molar-refractivity contribution is 7.38. The maximum atomic E-state index is 6.78. The van der Waals surface area contributed by atoms with E-state index in [1.165, 1.54) is 32.7 Å². The van der Waals surface area contributed by atoms with Gasteiger partial charge in [0, 0.05) is 10.8 Å². The molecule has 0 fully saturated rings. The standard InChI is InChI=1S/C31H21O2P/c1-2-9-21(10-3-1)24-15-8-16-29(24)34-32-27-19-17-22-11-4-6-13-25(22)30(27)31-26-14-7-5-12-23(26)18-20-28(31)33-34/h1-20,29H. The Bertz CT molecular complexity index is 1710. The number of hydrogen-bond acceptors (Lipinski definition) is 2. The Balaban J connectivity index is 1.62. The molecule has 6 aromatic rings. The first kappa shape index (κ1) is 19.5. The molecular weight excluding hydrogens is 435 g/mol. The maximum absolute atomic E-state index is 6.78. The minimum Gasteiger partial charge on any atom is -0.418 e. The first-order chi connectivity index (χ1) is 16.9. The van der Waals surface area contributed by atoms with E-state index in [4.69, 9.17) is 8.39 Å². The van der Waals surface area contributed by atoms with Crippen LogP contribution in [0.3, 0.4) is 0 Å². The summed E-state index contributed by atoms with van der Waals surface area (Å²) in [6.07, 6.45) is 6.51. The van der Waals surface area contributed by atoms with E-state index in [1.54, 1.807) is 0 Å². The van der Waals surface area contributed by atoms with E-state index in [2.05, 4.69) is 115 Å². The molecule has 0 N–H and O–H groups in total. The van der Waals surface area contributed by atoms with Crippen molar-refractivity contribution in [1.29, 1.82) is 0 Å². The summed E-state index contributed by atoms with van der Waals surface area (Å²) in [4.78, 5) is 0. The molecule has 0 saturated heterocycles. The van der Waals surface area contributed by atoms with Gasteiger partial charge in [-0.3, -0.25) is 0 Å². The highest BCUT2D eigenvalue weighted by Gasteiger charge is 2.24. The zero-order chi connectivity index (χ0) is 22.5. The molecule has 0 saturated carbocycles. The second-order valence-electron chi connectivity index (χ2n) is 8.61. The Kier molecular flexibility index (Phi) is 4.46. The van der Waals surface area contributed by atoms with Crippen LogP contribution in [-0.4, -0.2) is 0 Å². The molecule has 0 radical (unpaired) electrons. The van der Waals surface area contributed by atoms with Gasteiger partial charge >= 0.3 is 0 Å². The van der Waals surface area contributed by atoms with Crippen LogP contribution in [-0.2, 0) is 0 Å². The number of rotatable bonds is 2. The van der Waals surface area contributed by atoms with Crippen LogP contribution in [0, 0.1) is 0 Å². The predicted octanol–water partition coefficient (Wildman–Crippen LogP) is 9.79. The quantitative estimate of drug-likeness (QED) is 0.259. The summed E-state index contributed by atoms with van der Waals surface area (Å²) >= 11 is 0. The lowest BCUT2D eigenvalue weighted by molar-refractivity contribution is 0.635. The average molecular weight is 456 g/mol. The van der Waals surface area contributed by atoms with Crippen molar-refractivity contribution in [1.82, 2.24) is 0 Å². The van der Waals surface area contributed by atoms with Gasteiger partial charge in [-0.2, -0.15) is 0 Å². The number of benzene rings is 5. The third-order valence-electron chi connectivity index (χ3n) is 6.63. The largest absolute Gasteiger partial charge is 0.418 e. The zero-order valence-corrected chi connectivity index (χ0v) is 19.3. The van der Waals surface area contributed by atoms with Gasteiger partial charge in [0.15, 0.2) is 0 Å². The second kappa shape index (κ2) is 7.80. The smallest absolute Gasteiger partial charge is 0.228 e. The molecule has 1 atom stereocenters. The lowest BCUT2D eigenvalue weighted by atomic mass is 9.99. The molecule has 0 spiro atoms. The molecule has 7 rings (SSSR count). The van der Waals surface area contributed by atoms with Crippen molar-refractivity contribution in [3.8, 4) is 0 Å². The molecule has 1 aliphatic carbocycles. The van der Waals surface area contributed by atoms with E-state index < -0.39 is 8.01 Å². The van der Waals surface area contributed by atoms with E-state index in [0.29, 0.717) is 0 Å². The van der Waals surface area contributed by atoms with Crippen molar-refractivity contribution in [3.05, 3.63) is 127 Å². The van der Waals surface area contributed by atoms with Crippen LogP contribution in [0.4, 0.5) is 0 Å². The summed E-state index contributed by atoms with van der Waals surface area (Å²) in [5, 5.41) is 6.98. The summed E-state index contributed by atoms with van der Waals surface area (Å²) in [5.74, 6) is 0. The molecule has 1 aliphatic rings. The number of fused-ring (bicyclic) bond motifs is 7. The summed E-state index contributed by atoms with van der Waals surface area (Å²) in [6, 6.07) is 36.1. The van der Waals surface area contributed by atoms with Crippen LogP contribution in [0.15, 0.2) is 130 Å². The highest BCUT2D eigenvalue weighted by atomic mass is 31.1. The SMILES string of the molecule is C1=CC(p2oc3ccc4ccccc4c3c3c(ccc4ccccc43)o2)C(c2ccccc2)=C1. The average Bonchev–Trinajstić information content (AvgIpc) is 3.32. The fraction of sp³-hybridized carbons (Fsp3) is 0.0323.